The lowest BCUT2D eigenvalue weighted by Gasteiger charge is -2.28. The van der Waals surface area contributed by atoms with Crippen molar-refractivity contribution in [2.45, 2.75) is 25.3 Å². The largest absolute Gasteiger partial charge is 0.497 e. The quantitative estimate of drug-likeness (QED) is 0.870. The topological polar surface area (TPSA) is 24.5 Å². The van der Waals surface area contributed by atoms with E-state index in [1.54, 1.807) is 7.11 Å². The van der Waals surface area contributed by atoms with E-state index in [4.69, 9.17) is 4.74 Å². The summed E-state index contributed by atoms with van der Waals surface area (Å²) in [6.07, 6.45) is 3.81. The molecule has 1 aliphatic rings. The van der Waals surface area contributed by atoms with Gasteiger partial charge in [-0.05, 0) is 43.1 Å². The van der Waals surface area contributed by atoms with Crippen molar-refractivity contribution >= 4 is 5.69 Å². The number of methoxy groups -OCH3 is 1. The lowest BCUT2D eigenvalue weighted by atomic mass is 9.95. The highest BCUT2D eigenvalue weighted by molar-refractivity contribution is 5.57. The van der Waals surface area contributed by atoms with Gasteiger partial charge >= 0.3 is 0 Å². The SMILES string of the molecule is COc1ccc(N(C)C)c(C2CCCCN2)c1. The zero-order chi connectivity index (χ0) is 12.3. The van der Waals surface area contributed by atoms with Crippen LogP contribution in [0.15, 0.2) is 18.2 Å². The van der Waals surface area contributed by atoms with E-state index in [0.29, 0.717) is 6.04 Å². The number of nitrogens with one attached hydrogen (secondary N) is 1. The van der Waals surface area contributed by atoms with Crippen molar-refractivity contribution in [1.29, 1.82) is 0 Å². The standard InChI is InChI=1S/C14H22N2O/c1-16(2)14-8-7-11(17-3)10-12(14)13-6-4-5-9-15-13/h7-8,10,13,15H,4-6,9H2,1-3H3. The predicted molar refractivity (Wildman–Crippen MR) is 71.9 cm³/mol. The fraction of sp³-hybridized carbons (Fsp3) is 0.571. The van der Waals surface area contributed by atoms with Crippen molar-refractivity contribution in [1.82, 2.24) is 5.32 Å². The lowest BCUT2D eigenvalue weighted by molar-refractivity contribution is 0.400. The minimum Gasteiger partial charge on any atom is -0.497 e. The molecule has 0 saturated carbocycles. The van der Waals surface area contributed by atoms with Gasteiger partial charge in [0.1, 0.15) is 5.75 Å². The summed E-state index contributed by atoms with van der Waals surface area (Å²) in [4.78, 5) is 2.17. The normalized spacial score (nSPS) is 20.1. The Morgan fingerprint density at radius 3 is 2.71 bits per heavy atom. The summed E-state index contributed by atoms with van der Waals surface area (Å²) < 4.78 is 5.33. The predicted octanol–water partition coefficient (Wildman–Crippen LogP) is 2.58. The van der Waals surface area contributed by atoms with Gasteiger partial charge in [0.2, 0.25) is 0 Å². The Balaban J connectivity index is 2.33. The van der Waals surface area contributed by atoms with Crippen LogP contribution in [0.5, 0.6) is 5.75 Å². The molecule has 0 radical (unpaired) electrons. The third-order valence-corrected chi connectivity index (χ3v) is 3.40. The zero-order valence-corrected chi connectivity index (χ0v) is 11.0. The van der Waals surface area contributed by atoms with E-state index < -0.39 is 0 Å². The maximum absolute atomic E-state index is 5.33. The summed E-state index contributed by atoms with van der Waals surface area (Å²) in [6, 6.07) is 6.81. The molecule has 1 aromatic carbocycles. The monoisotopic (exact) mass is 234 g/mol. The molecule has 3 nitrogen and oxygen atoms in total. The van der Waals surface area contributed by atoms with Crippen LogP contribution < -0.4 is 15.0 Å². The molecule has 2 rings (SSSR count). The molecule has 0 amide bonds. The maximum atomic E-state index is 5.33. The van der Waals surface area contributed by atoms with E-state index in [1.807, 2.05) is 6.07 Å². The molecule has 1 heterocycles. The molecule has 1 saturated heterocycles. The van der Waals surface area contributed by atoms with Gasteiger partial charge in [-0.1, -0.05) is 6.42 Å². The summed E-state index contributed by atoms with van der Waals surface area (Å²) >= 11 is 0. The van der Waals surface area contributed by atoms with Crippen LogP contribution in [0.1, 0.15) is 30.9 Å². The van der Waals surface area contributed by atoms with Gasteiger partial charge in [-0.25, -0.2) is 0 Å². The molecule has 1 aromatic rings. The molecule has 94 valence electrons. The average molecular weight is 234 g/mol. The molecule has 1 N–H and O–H groups in total. The Hall–Kier alpha value is -1.22. The van der Waals surface area contributed by atoms with E-state index in [0.717, 1.165) is 12.3 Å². The van der Waals surface area contributed by atoms with Gasteiger partial charge in [0.25, 0.3) is 0 Å². The first-order valence-electron chi connectivity index (χ1n) is 6.31. The lowest BCUT2D eigenvalue weighted by Crippen LogP contribution is -2.28. The molecule has 1 fully saturated rings. The number of hydrogen-bond acceptors (Lipinski definition) is 3. The average Bonchev–Trinajstić information content (AvgIpc) is 2.39. The van der Waals surface area contributed by atoms with Crippen LogP contribution in [0.2, 0.25) is 0 Å². The molecular formula is C14H22N2O. The molecule has 0 spiro atoms. The van der Waals surface area contributed by atoms with Crippen molar-refractivity contribution in [2.75, 3.05) is 32.6 Å². The maximum Gasteiger partial charge on any atom is 0.119 e. The van der Waals surface area contributed by atoms with Crippen LogP contribution >= 0.6 is 0 Å². The van der Waals surface area contributed by atoms with Crippen LogP contribution in [0.25, 0.3) is 0 Å². The molecular weight excluding hydrogens is 212 g/mol. The molecule has 3 heteroatoms. The van der Waals surface area contributed by atoms with Crippen LogP contribution in [-0.4, -0.2) is 27.7 Å². The van der Waals surface area contributed by atoms with Gasteiger partial charge in [-0.2, -0.15) is 0 Å². The van der Waals surface area contributed by atoms with Gasteiger partial charge in [-0.15, -0.1) is 0 Å². The van der Waals surface area contributed by atoms with Gasteiger partial charge in [-0.3, -0.25) is 0 Å². The van der Waals surface area contributed by atoms with Crippen LogP contribution in [0, 0.1) is 0 Å². The van der Waals surface area contributed by atoms with E-state index >= 15 is 0 Å². The van der Waals surface area contributed by atoms with Crippen molar-refractivity contribution < 1.29 is 4.74 Å². The highest BCUT2D eigenvalue weighted by atomic mass is 16.5. The summed E-state index contributed by atoms with van der Waals surface area (Å²) in [5, 5.41) is 3.60. The van der Waals surface area contributed by atoms with Crippen LogP contribution in [-0.2, 0) is 0 Å². The fourth-order valence-corrected chi connectivity index (χ4v) is 2.46. The van der Waals surface area contributed by atoms with Crippen molar-refractivity contribution in [3.63, 3.8) is 0 Å². The summed E-state index contributed by atoms with van der Waals surface area (Å²) in [6.45, 7) is 1.12. The number of piperidine rings is 1. The third kappa shape index (κ3) is 2.72. The van der Waals surface area contributed by atoms with Crippen molar-refractivity contribution in [3.05, 3.63) is 23.8 Å². The number of anilines is 1. The molecule has 0 aliphatic carbocycles. The van der Waals surface area contributed by atoms with E-state index in [9.17, 15) is 0 Å². The smallest absolute Gasteiger partial charge is 0.119 e. The van der Waals surface area contributed by atoms with Crippen molar-refractivity contribution in [3.8, 4) is 5.75 Å². The van der Waals surface area contributed by atoms with Crippen LogP contribution in [0.4, 0.5) is 5.69 Å². The first-order valence-corrected chi connectivity index (χ1v) is 6.31. The number of hydrogen-bond donors (Lipinski definition) is 1. The first-order chi connectivity index (χ1) is 8.22. The number of ether oxygens (including phenoxy) is 1. The second kappa shape index (κ2) is 5.41. The van der Waals surface area contributed by atoms with Crippen LogP contribution in [0.3, 0.4) is 0 Å². The highest BCUT2D eigenvalue weighted by Gasteiger charge is 2.19. The van der Waals surface area contributed by atoms with Gasteiger partial charge in [0.15, 0.2) is 0 Å². The van der Waals surface area contributed by atoms with E-state index in [1.165, 1.54) is 30.5 Å². The van der Waals surface area contributed by atoms with E-state index in [2.05, 4.69) is 36.4 Å². The minimum atomic E-state index is 0.469. The fourth-order valence-electron chi connectivity index (χ4n) is 2.46. The second-order valence-electron chi connectivity index (χ2n) is 4.82. The summed E-state index contributed by atoms with van der Waals surface area (Å²) in [7, 11) is 5.91. The Bertz CT molecular complexity index is 370. The van der Waals surface area contributed by atoms with Gasteiger partial charge in [0, 0.05) is 25.8 Å². The minimum absolute atomic E-state index is 0.469. The second-order valence-corrected chi connectivity index (χ2v) is 4.82. The molecule has 1 atom stereocenters. The molecule has 0 bridgehead atoms. The van der Waals surface area contributed by atoms with Gasteiger partial charge < -0.3 is 15.0 Å². The van der Waals surface area contributed by atoms with Crippen molar-refractivity contribution in [2.24, 2.45) is 0 Å². The number of rotatable bonds is 3. The molecule has 0 aromatic heterocycles. The molecule has 1 unspecified atom stereocenters. The zero-order valence-electron chi connectivity index (χ0n) is 11.0. The first kappa shape index (κ1) is 12.2. The van der Waals surface area contributed by atoms with E-state index in [-0.39, 0.29) is 0 Å². The highest BCUT2D eigenvalue weighted by Crippen LogP contribution is 2.33. The summed E-state index contributed by atoms with van der Waals surface area (Å²) in [5.41, 5.74) is 2.64. The van der Waals surface area contributed by atoms with Gasteiger partial charge in [0.05, 0.1) is 7.11 Å². The number of benzene rings is 1. The Morgan fingerprint density at radius 1 is 1.29 bits per heavy atom. The molecule has 17 heavy (non-hydrogen) atoms. The Morgan fingerprint density at radius 2 is 2.12 bits per heavy atom. The number of nitrogens with zero attached hydrogens (tertiary/aromatic N) is 1. The summed E-state index contributed by atoms with van der Waals surface area (Å²) in [5.74, 6) is 0.943. The Labute approximate surface area is 104 Å². The molecule has 1 aliphatic heterocycles. The Kier molecular flexibility index (Phi) is 3.89. The third-order valence-electron chi connectivity index (χ3n) is 3.40.